The maximum Gasteiger partial charge on any atom is 0.416 e. The molecule has 3 heterocycles. The van der Waals surface area contributed by atoms with Crippen molar-refractivity contribution in [2.75, 3.05) is 19.6 Å². The van der Waals surface area contributed by atoms with Crippen LogP contribution in [-0.4, -0.2) is 71.9 Å². The van der Waals surface area contributed by atoms with E-state index in [1.165, 1.54) is 15.4 Å². The largest absolute Gasteiger partial charge is 0.416 e. The molecule has 1 aromatic carbocycles. The summed E-state index contributed by atoms with van der Waals surface area (Å²) in [6.45, 7) is 0.236. The highest BCUT2D eigenvalue weighted by molar-refractivity contribution is 7.88. The van der Waals surface area contributed by atoms with Gasteiger partial charge in [0.25, 0.3) is 5.91 Å². The molecule has 0 saturated carbocycles. The summed E-state index contributed by atoms with van der Waals surface area (Å²) < 4.78 is 65.1. The number of benzene rings is 1. The number of ketones is 1. The number of nitrogens with one attached hydrogen (secondary N) is 1. The number of carbonyl (C=O) groups is 3. The molecule has 0 spiro atoms. The van der Waals surface area contributed by atoms with Gasteiger partial charge >= 0.3 is 6.18 Å². The Hall–Kier alpha value is -3.32. The number of alkyl halides is 3. The lowest BCUT2D eigenvalue weighted by Crippen LogP contribution is -2.43. The number of rotatable bonds is 9. The van der Waals surface area contributed by atoms with Crippen LogP contribution in [0.1, 0.15) is 47.2 Å². The van der Waals surface area contributed by atoms with Crippen LogP contribution >= 0.6 is 0 Å². The number of carbonyl (C=O) groups excluding carboxylic acids is 3. The molecule has 13 heteroatoms. The molecule has 2 aliphatic rings. The van der Waals surface area contributed by atoms with Gasteiger partial charge in [-0.15, -0.1) is 0 Å². The maximum atomic E-state index is 13.0. The van der Waals surface area contributed by atoms with E-state index in [4.69, 9.17) is 0 Å². The summed E-state index contributed by atoms with van der Waals surface area (Å²) in [7, 11) is -3.78. The number of hydrogen-bond acceptors (Lipinski definition) is 6. The van der Waals surface area contributed by atoms with Gasteiger partial charge in [0.15, 0.2) is 5.78 Å². The molecule has 2 aromatic rings. The van der Waals surface area contributed by atoms with Crippen molar-refractivity contribution < 1.29 is 36.0 Å². The van der Waals surface area contributed by atoms with Gasteiger partial charge in [-0.3, -0.25) is 19.4 Å². The van der Waals surface area contributed by atoms with Crippen LogP contribution in [0.5, 0.6) is 0 Å². The SMILES string of the molecule is O=C(NCCCCC(=O)N1CCC2C1C(=O)CN2S(=O)(=O)Cc1cccnc1)c1ccc(C(F)(F)F)cc1. The molecule has 0 bridgehead atoms. The van der Waals surface area contributed by atoms with Crippen molar-refractivity contribution in [1.29, 1.82) is 0 Å². The van der Waals surface area contributed by atoms with Crippen LogP contribution in [-0.2, 0) is 31.5 Å². The average Bonchev–Trinajstić information content (AvgIpc) is 3.45. The van der Waals surface area contributed by atoms with Gasteiger partial charge in [-0.25, -0.2) is 8.42 Å². The van der Waals surface area contributed by atoms with E-state index in [-0.39, 0.29) is 49.1 Å². The number of hydrogen-bond donors (Lipinski definition) is 1. The molecular weight excluding hydrogens is 525 g/mol. The van der Waals surface area contributed by atoms with E-state index in [0.29, 0.717) is 24.8 Å². The van der Waals surface area contributed by atoms with Gasteiger partial charge in [-0.2, -0.15) is 17.5 Å². The first kappa shape index (κ1) is 27.7. The van der Waals surface area contributed by atoms with E-state index in [2.05, 4.69) is 10.3 Å². The predicted octanol–water partition coefficient (Wildman–Crippen LogP) is 2.38. The van der Waals surface area contributed by atoms with Crippen LogP contribution in [0.3, 0.4) is 0 Å². The van der Waals surface area contributed by atoms with Gasteiger partial charge in [0.2, 0.25) is 15.9 Å². The average molecular weight is 553 g/mol. The van der Waals surface area contributed by atoms with Crippen molar-refractivity contribution in [3.63, 3.8) is 0 Å². The zero-order chi connectivity index (χ0) is 27.5. The van der Waals surface area contributed by atoms with Crippen LogP contribution in [0.25, 0.3) is 0 Å². The fourth-order valence-corrected chi connectivity index (χ4v) is 6.57. The van der Waals surface area contributed by atoms with Crippen molar-refractivity contribution in [3.05, 3.63) is 65.5 Å². The second kappa shape index (κ2) is 11.2. The standard InChI is InChI=1S/C25H27F3N4O5S/c26-25(27,28)19-8-6-18(7-9-19)24(35)30-12-2-1-5-22(34)31-13-10-20-23(31)21(33)15-32(20)38(36,37)16-17-4-3-11-29-14-17/h3-4,6-9,11,14,20,23H,1-2,5,10,12-13,15-16H2,(H,30,35). The number of likely N-dealkylation sites (tertiary alicyclic amines) is 1. The number of aromatic nitrogens is 1. The number of sulfonamides is 1. The minimum Gasteiger partial charge on any atom is -0.352 e. The van der Waals surface area contributed by atoms with Gasteiger partial charge in [0.05, 0.1) is 23.9 Å². The summed E-state index contributed by atoms with van der Waals surface area (Å²) in [5.74, 6) is -1.36. The lowest BCUT2D eigenvalue weighted by atomic mass is 10.1. The van der Waals surface area contributed by atoms with Crippen molar-refractivity contribution in [3.8, 4) is 0 Å². The Morgan fingerprint density at radius 3 is 2.50 bits per heavy atom. The number of amides is 2. The number of pyridine rings is 1. The van der Waals surface area contributed by atoms with Gasteiger partial charge in [-0.1, -0.05) is 6.07 Å². The third kappa shape index (κ3) is 6.21. The predicted molar refractivity (Wildman–Crippen MR) is 130 cm³/mol. The first-order valence-electron chi connectivity index (χ1n) is 12.1. The molecule has 204 valence electrons. The van der Waals surface area contributed by atoms with E-state index in [1.807, 2.05) is 0 Å². The zero-order valence-corrected chi connectivity index (χ0v) is 21.2. The zero-order valence-electron chi connectivity index (χ0n) is 20.4. The van der Waals surface area contributed by atoms with Crippen LogP contribution in [0.15, 0.2) is 48.8 Å². The van der Waals surface area contributed by atoms with Crippen LogP contribution < -0.4 is 5.32 Å². The van der Waals surface area contributed by atoms with Crippen molar-refractivity contribution >= 4 is 27.6 Å². The Kier molecular flexibility index (Phi) is 8.16. The minimum absolute atomic E-state index is 0.0972. The monoisotopic (exact) mass is 552 g/mol. The van der Waals surface area contributed by atoms with E-state index in [0.717, 1.165) is 24.3 Å². The number of halogens is 3. The second-order valence-corrected chi connectivity index (χ2v) is 11.2. The van der Waals surface area contributed by atoms with Crippen LogP contribution in [0, 0.1) is 0 Å². The molecule has 4 rings (SSSR count). The molecule has 0 aliphatic carbocycles. The van der Waals surface area contributed by atoms with E-state index in [9.17, 15) is 36.0 Å². The molecule has 1 N–H and O–H groups in total. The highest BCUT2D eigenvalue weighted by atomic mass is 32.2. The fourth-order valence-electron chi connectivity index (χ4n) is 4.85. The van der Waals surface area contributed by atoms with Crippen molar-refractivity contribution in [2.24, 2.45) is 0 Å². The quantitative estimate of drug-likeness (QED) is 0.478. The summed E-state index contributed by atoms with van der Waals surface area (Å²) in [4.78, 5) is 43.1. The molecule has 9 nitrogen and oxygen atoms in total. The Morgan fingerprint density at radius 2 is 1.84 bits per heavy atom. The molecule has 2 unspecified atom stereocenters. The summed E-state index contributed by atoms with van der Waals surface area (Å²) in [5, 5.41) is 2.61. The topological polar surface area (TPSA) is 117 Å². The maximum absolute atomic E-state index is 13.0. The van der Waals surface area contributed by atoms with Gasteiger partial charge in [-0.05, 0) is 55.2 Å². The molecule has 2 fully saturated rings. The number of fused-ring (bicyclic) bond motifs is 1. The van der Waals surface area contributed by atoms with E-state index in [1.54, 1.807) is 18.3 Å². The van der Waals surface area contributed by atoms with E-state index >= 15 is 0 Å². The molecule has 0 radical (unpaired) electrons. The van der Waals surface area contributed by atoms with Crippen LogP contribution in [0.2, 0.25) is 0 Å². The Morgan fingerprint density at radius 1 is 1.11 bits per heavy atom. The van der Waals surface area contributed by atoms with E-state index < -0.39 is 39.8 Å². The highest BCUT2D eigenvalue weighted by Gasteiger charge is 2.53. The first-order chi connectivity index (χ1) is 18.0. The van der Waals surface area contributed by atoms with Gasteiger partial charge < -0.3 is 10.2 Å². The van der Waals surface area contributed by atoms with Crippen LogP contribution in [0.4, 0.5) is 13.2 Å². The molecule has 1 aromatic heterocycles. The van der Waals surface area contributed by atoms with Gasteiger partial charge in [0.1, 0.15) is 6.04 Å². The van der Waals surface area contributed by atoms with Crippen molar-refractivity contribution in [2.45, 2.75) is 49.7 Å². The molecule has 2 amide bonds. The Balaban J connectivity index is 1.24. The summed E-state index contributed by atoms with van der Waals surface area (Å²) >= 11 is 0. The second-order valence-electron chi connectivity index (χ2n) is 9.31. The molecule has 38 heavy (non-hydrogen) atoms. The summed E-state index contributed by atoms with van der Waals surface area (Å²) in [6, 6.07) is 5.78. The molecule has 2 atom stereocenters. The summed E-state index contributed by atoms with van der Waals surface area (Å²) in [5.41, 5.74) is -0.230. The molecular formula is C25H27F3N4O5S. The highest BCUT2D eigenvalue weighted by Crippen LogP contribution is 2.33. The lowest BCUT2D eigenvalue weighted by Gasteiger charge is -2.24. The van der Waals surface area contributed by atoms with Gasteiger partial charge in [0, 0.05) is 37.5 Å². The fraction of sp³-hybridized carbons (Fsp3) is 0.440. The first-order valence-corrected chi connectivity index (χ1v) is 13.7. The minimum atomic E-state index is -4.48. The number of unbranched alkanes of at least 4 members (excludes halogenated alkanes) is 1. The molecule has 2 aliphatic heterocycles. The Labute approximate surface area is 218 Å². The van der Waals surface area contributed by atoms with Crippen molar-refractivity contribution in [1.82, 2.24) is 19.5 Å². The third-order valence-electron chi connectivity index (χ3n) is 6.70. The summed E-state index contributed by atoms with van der Waals surface area (Å²) in [6.07, 6.45) is -0.126. The number of nitrogens with zero attached hydrogens (tertiary/aromatic N) is 3. The smallest absolute Gasteiger partial charge is 0.352 e. The normalized spacial score (nSPS) is 20.0. The number of Topliss-reactive ketones (excluding diaryl/α,β-unsaturated/α-hetero) is 1. The Bertz CT molecular complexity index is 1290. The lowest BCUT2D eigenvalue weighted by molar-refractivity contribution is -0.137. The third-order valence-corrected chi connectivity index (χ3v) is 8.52. The molecule has 2 saturated heterocycles.